The molecule has 132 valence electrons. The minimum absolute atomic E-state index is 0.193. The van der Waals surface area contributed by atoms with Gasteiger partial charge < -0.3 is 9.64 Å². The Morgan fingerprint density at radius 2 is 1.88 bits per heavy atom. The number of unbranched alkanes of at least 4 members (excludes halogenated alkanes) is 1. The van der Waals surface area contributed by atoms with E-state index in [2.05, 4.69) is 44.1 Å². The second-order valence-corrected chi connectivity index (χ2v) is 6.64. The van der Waals surface area contributed by atoms with E-state index in [1.165, 1.54) is 18.4 Å². The first kappa shape index (κ1) is 18.5. The molecule has 0 aliphatic heterocycles. The Kier molecular flexibility index (Phi) is 6.85. The molecule has 0 atom stereocenters. The molecule has 0 bridgehead atoms. The first-order chi connectivity index (χ1) is 11.5. The lowest BCUT2D eigenvalue weighted by Crippen LogP contribution is -2.19. The van der Waals surface area contributed by atoms with Crippen molar-refractivity contribution in [3.05, 3.63) is 36.0 Å². The molecule has 0 saturated heterocycles. The van der Waals surface area contributed by atoms with Crippen LogP contribution >= 0.6 is 0 Å². The molecule has 0 aliphatic carbocycles. The van der Waals surface area contributed by atoms with Crippen LogP contribution in [-0.2, 0) is 13.1 Å². The topological polar surface area (TPSA) is 30.3 Å². The fourth-order valence-electron chi connectivity index (χ4n) is 2.74. The molecule has 1 aromatic carbocycles. The van der Waals surface area contributed by atoms with Crippen LogP contribution in [0.4, 0.5) is 0 Å². The number of aryl methyl sites for hydroxylation is 1. The molecule has 24 heavy (non-hydrogen) atoms. The lowest BCUT2D eigenvalue weighted by molar-refractivity contribution is 0.242. The molecule has 2 rings (SSSR count). The number of hydrogen-bond donors (Lipinski definition) is 0. The van der Waals surface area contributed by atoms with Gasteiger partial charge in [0, 0.05) is 30.4 Å². The summed E-state index contributed by atoms with van der Waals surface area (Å²) in [5.74, 6) is 0.908. The van der Waals surface area contributed by atoms with Crippen LogP contribution in [0.3, 0.4) is 0 Å². The summed E-state index contributed by atoms with van der Waals surface area (Å²) in [5.41, 5.74) is 3.52. The van der Waals surface area contributed by atoms with E-state index >= 15 is 0 Å². The van der Waals surface area contributed by atoms with Gasteiger partial charge in [-0.3, -0.25) is 4.68 Å². The normalized spacial score (nSPS) is 11.5. The van der Waals surface area contributed by atoms with Gasteiger partial charge in [0.25, 0.3) is 0 Å². The van der Waals surface area contributed by atoms with Gasteiger partial charge in [0.15, 0.2) is 0 Å². The summed E-state index contributed by atoms with van der Waals surface area (Å²) >= 11 is 0. The van der Waals surface area contributed by atoms with Gasteiger partial charge in [0.05, 0.1) is 11.8 Å². The van der Waals surface area contributed by atoms with Crippen molar-refractivity contribution in [2.45, 2.75) is 59.7 Å². The van der Waals surface area contributed by atoms with Gasteiger partial charge >= 0.3 is 0 Å². The first-order valence-electron chi connectivity index (χ1n) is 9.05. The summed E-state index contributed by atoms with van der Waals surface area (Å²) in [6.07, 6.45) is 4.83. The van der Waals surface area contributed by atoms with Crippen molar-refractivity contribution in [2.24, 2.45) is 0 Å². The fourth-order valence-corrected chi connectivity index (χ4v) is 2.74. The second kappa shape index (κ2) is 8.88. The zero-order valence-corrected chi connectivity index (χ0v) is 15.7. The molecule has 1 heterocycles. The molecule has 4 heteroatoms. The predicted octanol–water partition coefficient (Wildman–Crippen LogP) is 4.59. The van der Waals surface area contributed by atoms with Gasteiger partial charge in [-0.05, 0) is 65.0 Å². The van der Waals surface area contributed by atoms with Crippen LogP contribution in [0.15, 0.2) is 30.5 Å². The molecule has 2 aromatic rings. The van der Waals surface area contributed by atoms with Crippen LogP contribution in [0.1, 0.15) is 46.1 Å². The van der Waals surface area contributed by atoms with E-state index in [4.69, 9.17) is 9.84 Å². The number of nitrogens with zero attached hydrogens (tertiary/aromatic N) is 3. The Labute approximate surface area is 146 Å². The predicted molar refractivity (Wildman–Crippen MR) is 100 cm³/mol. The largest absolute Gasteiger partial charge is 0.491 e. The maximum Gasteiger partial charge on any atom is 0.119 e. The molecule has 0 aliphatic rings. The highest BCUT2D eigenvalue weighted by Crippen LogP contribution is 2.26. The Morgan fingerprint density at radius 3 is 2.46 bits per heavy atom. The summed E-state index contributed by atoms with van der Waals surface area (Å²) in [7, 11) is 2.18. The van der Waals surface area contributed by atoms with E-state index < -0.39 is 0 Å². The van der Waals surface area contributed by atoms with Gasteiger partial charge in [-0.1, -0.05) is 13.3 Å². The molecule has 1 aromatic heterocycles. The minimum atomic E-state index is 0.193. The third-order valence-electron chi connectivity index (χ3n) is 3.99. The maximum absolute atomic E-state index is 5.74. The molecule has 0 unspecified atom stereocenters. The number of rotatable bonds is 9. The van der Waals surface area contributed by atoms with Crippen molar-refractivity contribution in [3.63, 3.8) is 0 Å². The van der Waals surface area contributed by atoms with Gasteiger partial charge in [0.2, 0.25) is 0 Å². The molecule has 0 spiro atoms. The maximum atomic E-state index is 5.74. The molecule has 0 N–H and O–H groups in total. The number of aromatic nitrogens is 2. The van der Waals surface area contributed by atoms with Crippen LogP contribution in [0, 0.1) is 0 Å². The molecular weight excluding hydrogens is 298 g/mol. The van der Waals surface area contributed by atoms with E-state index in [0.29, 0.717) is 0 Å². The quantitative estimate of drug-likeness (QED) is 0.674. The molecule has 0 saturated carbocycles. The molecule has 4 nitrogen and oxygen atoms in total. The Balaban J connectivity index is 2.20. The van der Waals surface area contributed by atoms with Crippen molar-refractivity contribution in [2.75, 3.05) is 13.6 Å². The second-order valence-electron chi connectivity index (χ2n) is 6.64. The number of benzene rings is 1. The van der Waals surface area contributed by atoms with E-state index in [1.54, 1.807) is 0 Å². The Bertz CT molecular complexity index is 616. The summed E-state index contributed by atoms with van der Waals surface area (Å²) in [4.78, 5) is 2.38. The first-order valence-corrected chi connectivity index (χ1v) is 9.05. The third kappa shape index (κ3) is 5.10. The summed E-state index contributed by atoms with van der Waals surface area (Å²) < 4.78 is 7.76. The highest BCUT2D eigenvalue weighted by atomic mass is 16.5. The summed E-state index contributed by atoms with van der Waals surface area (Å²) in [6.45, 7) is 11.4. The Morgan fingerprint density at radius 1 is 1.17 bits per heavy atom. The van der Waals surface area contributed by atoms with Crippen LogP contribution in [0.5, 0.6) is 5.75 Å². The average Bonchev–Trinajstić information content (AvgIpc) is 2.96. The molecular formula is C20H31N3O. The Hall–Kier alpha value is -1.81. The average molecular weight is 329 g/mol. The monoisotopic (exact) mass is 329 g/mol. The van der Waals surface area contributed by atoms with Gasteiger partial charge in [0.1, 0.15) is 5.75 Å². The van der Waals surface area contributed by atoms with Crippen molar-refractivity contribution in [3.8, 4) is 17.0 Å². The third-order valence-corrected chi connectivity index (χ3v) is 3.99. The standard InChI is InChI=1S/C20H31N3O/c1-6-8-13-22(5)14-18-15-23(7-2)21-20(18)17-9-11-19(12-10-17)24-16(3)4/h9-12,15-16H,6-8,13-14H2,1-5H3. The van der Waals surface area contributed by atoms with E-state index in [0.717, 1.165) is 36.6 Å². The summed E-state index contributed by atoms with van der Waals surface area (Å²) in [6, 6.07) is 8.28. The number of hydrogen-bond acceptors (Lipinski definition) is 3. The zero-order valence-electron chi connectivity index (χ0n) is 15.7. The van der Waals surface area contributed by atoms with E-state index in [-0.39, 0.29) is 6.10 Å². The van der Waals surface area contributed by atoms with Crippen molar-refractivity contribution in [1.82, 2.24) is 14.7 Å². The molecule has 0 radical (unpaired) electrons. The van der Waals surface area contributed by atoms with Gasteiger partial charge in [-0.25, -0.2) is 0 Å². The van der Waals surface area contributed by atoms with Crippen molar-refractivity contribution < 1.29 is 4.74 Å². The van der Waals surface area contributed by atoms with Crippen LogP contribution in [-0.4, -0.2) is 34.4 Å². The van der Waals surface area contributed by atoms with Crippen LogP contribution < -0.4 is 4.74 Å². The number of ether oxygens (including phenoxy) is 1. The van der Waals surface area contributed by atoms with E-state index in [9.17, 15) is 0 Å². The lowest BCUT2D eigenvalue weighted by atomic mass is 10.1. The summed E-state index contributed by atoms with van der Waals surface area (Å²) in [5, 5.41) is 4.77. The van der Waals surface area contributed by atoms with Crippen LogP contribution in [0.2, 0.25) is 0 Å². The van der Waals surface area contributed by atoms with Gasteiger partial charge in [-0.2, -0.15) is 5.10 Å². The van der Waals surface area contributed by atoms with Crippen molar-refractivity contribution in [1.29, 1.82) is 0 Å². The van der Waals surface area contributed by atoms with E-state index in [1.807, 2.05) is 30.7 Å². The van der Waals surface area contributed by atoms with Gasteiger partial charge in [-0.15, -0.1) is 0 Å². The highest BCUT2D eigenvalue weighted by Gasteiger charge is 2.13. The van der Waals surface area contributed by atoms with Crippen LogP contribution in [0.25, 0.3) is 11.3 Å². The minimum Gasteiger partial charge on any atom is -0.491 e. The van der Waals surface area contributed by atoms with Crippen molar-refractivity contribution >= 4 is 0 Å². The fraction of sp³-hybridized carbons (Fsp3) is 0.550. The SMILES string of the molecule is CCCCN(C)Cc1cn(CC)nc1-c1ccc(OC(C)C)cc1. The highest BCUT2D eigenvalue weighted by molar-refractivity contribution is 5.63. The zero-order chi connectivity index (χ0) is 17.5. The smallest absolute Gasteiger partial charge is 0.119 e. The molecule has 0 amide bonds. The molecule has 0 fully saturated rings. The lowest BCUT2D eigenvalue weighted by Gasteiger charge is -2.16.